The van der Waals surface area contributed by atoms with Crippen LogP contribution in [-0.4, -0.2) is 22.1 Å². The third-order valence-electron chi connectivity index (χ3n) is 5.08. The Morgan fingerprint density at radius 2 is 1.69 bits per heavy atom. The Morgan fingerprint density at radius 3 is 2.31 bits per heavy atom. The summed E-state index contributed by atoms with van der Waals surface area (Å²) in [7, 11) is 0. The minimum atomic E-state index is -0.805. The van der Waals surface area contributed by atoms with Crippen LogP contribution in [0.1, 0.15) is 28.7 Å². The molecule has 0 N–H and O–H groups in total. The summed E-state index contributed by atoms with van der Waals surface area (Å²) in [5.74, 6) is -1.84. The van der Waals surface area contributed by atoms with Crippen LogP contribution in [-0.2, 0) is 4.74 Å². The summed E-state index contributed by atoms with van der Waals surface area (Å²) in [4.78, 5) is 29.8. The molecule has 2 heterocycles. The highest BCUT2D eigenvalue weighted by molar-refractivity contribution is 5.95. The second kappa shape index (κ2) is 8.34. The third kappa shape index (κ3) is 3.89. The van der Waals surface area contributed by atoms with Gasteiger partial charge in [0.25, 0.3) is 0 Å². The number of benzene rings is 2. The van der Waals surface area contributed by atoms with Gasteiger partial charge in [0, 0.05) is 34.2 Å². The summed E-state index contributed by atoms with van der Waals surface area (Å²) in [6, 6.07) is 11.7. The number of aromatic nitrogens is 2. The van der Waals surface area contributed by atoms with Gasteiger partial charge >= 0.3 is 5.97 Å². The number of hydrogen-bond acceptors (Lipinski definition) is 4. The summed E-state index contributed by atoms with van der Waals surface area (Å²) in [6.07, 6.45) is 1.35. The van der Waals surface area contributed by atoms with Crippen molar-refractivity contribution in [1.82, 2.24) is 9.55 Å². The monoisotopic (exact) mass is 434 g/mol. The molecule has 0 saturated carbocycles. The van der Waals surface area contributed by atoms with Crippen molar-refractivity contribution >= 4 is 16.9 Å². The SMILES string of the molecule is CCOC(=O)c1cn(-c2ccc(F)cc2)c2cc(-c3cc(C)nc(C)c3)c(F)cc2c1=O. The second-order valence-corrected chi connectivity index (χ2v) is 7.43. The van der Waals surface area contributed by atoms with E-state index in [2.05, 4.69) is 4.98 Å². The lowest BCUT2D eigenvalue weighted by molar-refractivity contribution is 0.0524. The normalized spacial score (nSPS) is 11.0. The fourth-order valence-electron chi connectivity index (χ4n) is 3.73. The maximum Gasteiger partial charge on any atom is 0.343 e. The van der Waals surface area contributed by atoms with Gasteiger partial charge in [-0.2, -0.15) is 0 Å². The van der Waals surface area contributed by atoms with Gasteiger partial charge < -0.3 is 9.30 Å². The molecule has 0 fully saturated rings. The first-order valence-corrected chi connectivity index (χ1v) is 10.1. The van der Waals surface area contributed by atoms with Crippen molar-refractivity contribution in [2.45, 2.75) is 20.8 Å². The largest absolute Gasteiger partial charge is 0.462 e. The van der Waals surface area contributed by atoms with E-state index in [0.29, 0.717) is 16.8 Å². The van der Waals surface area contributed by atoms with Crippen molar-refractivity contribution in [1.29, 1.82) is 0 Å². The average Bonchev–Trinajstić information content (AvgIpc) is 2.74. The second-order valence-electron chi connectivity index (χ2n) is 7.43. The Morgan fingerprint density at radius 1 is 1.03 bits per heavy atom. The van der Waals surface area contributed by atoms with E-state index in [0.717, 1.165) is 17.5 Å². The number of aryl methyl sites for hydroxylation is 2. The third-order valence-corrected chi connectivity index (χ3v) is 5.08. The quantitative estimate of drug-likeness (QED) is 0.418. The number of esters is 1. The Bertz CT molecular complexity index is 1390. The molecule has 7 heteroatoms. The molecular formula is C25H20F2N2O3. The van der Waals surface area contributed by atoms with E-state index in [1.807, 2.05) is 13.8 Å². The zero-order valence-corrected chi connectivity index (χ0v) is 17.8. The smallest absolute Gasteiger partial charge is 0.343 e. The van der Waals surface area contributed by atoms with Gasteiger partial charge in [-0.15, -0.1) is 0 Å². The highest BCUT2D eigenvalue weighted by Gasteiger charge is 2.20. The van der Waals surface area contributed by atoms with Gasteiger partial charge in [0.05, 0.1) is 12.1 Å². The molecule has 0 spiro atoms. The molecule has 5 nitrogen and oxygen atoms in total. The highest BCUT2D eigenvalue weighted by atomic mass is 19.1. The predicted octanol–water partition coefficient (Wildman–Crippen LogP) is 5.12. The number of pyridine rings is 2. The summed E-state index contributed by atoms with van der Waals surface area (Å²) in [5, 5.41) is 0.0172. The van der Waals surface area contributed by atoms with Crippen molar-refractivity contribution in [2.24, 2.45) is 0 Å². The molecule has 2 aromatic carbocycles. The number of fused-ring (bicyclic) bond motifs is 1. The summed E-state index contributed by atoms with van der Waals surface area (Å²) >= 11 is 0. The van der Waals surface area contributed by atoms with Gasteiger partial charge in [-0.05, 0) is 74.9 Å². The summed E-state index contributed by atoms with van der Waals surface area (Å²) in [6.45, 7) is 5.34. The molecule has 0 bridgehead atoms. The van der Waals surface area contributed by atoms with Crippen molar-refractivity contribution in [3.63, 3.8) is 0 Å². The van der Waals surface area contributed by atoms with E-state index >= 15 is 4.39 Å². The van der Waals surface area contributed by atoms with E-state index < -0.39 is 23.0 Å². The number of rotatable bonds is 4. The predicted molar refractivity (Wildman–Crippen MR) is 118 cm³/mol. The summed E-state index contributed by atoms with van der Waals surface area (Å²) < 4.78 is 35.3. The number of halogens is 2. The summed E-state index contributed by atoms with van der Waals surface area (Å²) in [5.41, 5.74) is 2.36. The Kier molecular flexibility index (Phi) is 5.57. The molecule has 162 valence electrons. The van der Waals surface area contributed by atoms with Crippen LogP contribution in [0.5, 0.6) is 0 Å². The van der Waals surface area contributed by atoms with Gasteiger partial charge in [-0.3, -0.25) is 9.78 Å². The molecule has 0 aliphatic heterocycles. The van der Waals surface area contributed by atoms with Gasteiger partial charge in [0.1, 0.15) is 17.2 Å². The maximum absolute atomic E-state index is 15.2. The number of carbonyl (C=O) groups is 1. The minimum Gasteiger partial charge on any atom is -0.462 e. The molecule has 4 aromatic rings. The zero-order chi connectivity index (χ0) is 23.0. The molecule has 0 saturated heterocycles. The van der Waals surface area contributed by atoms with Crippen molar-refractivity contribution in [3.05, 3.63) is 93.5 Å². The van der Waals surface area contributed by atoms with E-state index in [4.69, 9.17) is 4.74 Å². The fraction of sp³-hybridized carbons (Fsp3) is 0.160. The van der Waals surface area contributed by atoms with Crippen molar-refractivity contribution in [3.8, 4) is 16.8 Å². The van der Waals surface area contributed by atoms with Gasteiger partial charge in [0.2, 0.25) is 5.43 Å². The standard InChI is InChI=1S/C25H20F2N2O3/c1-4-32-25(31)21-13-29(18-7-5-17(26)6-8-18)23-12-19(22(27)11-20(23)24(21)30)16-9-14(2)28-15(3)10-16/h5-13H,4H2,1-3H3. The van der Waals surface area contributed by atoms with Gasteiger partial charge in [0.15, 0.2) is 0 Å². The number of carbonyl (C=O) groups excluding carboxylic acids is 1. The van der Waals surface area contributed by atoms with Crippen LogP contribution in [0.4, 0.5) is 8.78 Å². The van der Waals surface area contributed by atoms with Crippen LogP contribution in [0.15, 0.2) is 59.5 Å². The van der Waals surface area contributed by atoms with Gasteiger partial charge in [-0.1, -0.05) is 0 Å². The molecule has 0 atom stereocenters. The number of hydrogen-bond donors (Lipinski definition) is 0. The molecular weight excluding hydrogens is 414 g/mol. The topological polar surface area (TPSA) is 61.2 Å². The fourth-order valence-corrected chi connectivity index (χ4v) is 3.73. The lowest BCUT2D eigenvalue weighted by atomic mass is 10.0. The van der Waals surface area contributed by atoms with Crippen molar-refractivity contribution < 1.29 is 18.3 Å². The highest BCUT2D eigenvalue weighted by Crippen LogP contribution is 2.29. The maximum atomic E-state index is 15.2. The van der Waals surface area contributed by atoms with E-state index in [-0.39, 0.29) is 23.1 Å². The Labute approximate surface area is 182 Å². The molecule has 4 rings (SSSR count). The molecule has 0 aliphatic rings. The molecule has 32 heavy (non-hydrogen) atoms. The first-order valence-electron chi connectivity index (χ1n) is 10.1. The van der Waals surface area contributed by atoms with Crippen LogP contribution in [0.2, 0.25) is 0 Å². The van der Waals surface area contributed by atoms with Crippen LogP contribution in [0.25, 0.3) is 27.7 Å². The lowest BCUT2D eigenvalue weighted by Gasteiger charge is -2.15. The van der Waals surface area contributed by atoms with Gasteiger partial charge in [-0.25, -0.2) is 13.6 Å². The first kappa shape index (κ1) is 21.4. The first-order chi connectivity index (χ1) is 15.3. The van der Waals surface area contributed by atoms with E-state index in [1.54, 1.807) is 29.7 Å². The van der Waals surface area contributed by atoms with E-state index in [1.165, 1.54) is 30.5 Å². The Balaban J connectivity index is 2.07. The lowest BCUT2D eigenvalue weighted by Crippen LogP contribution is -2.20. The molecule has 0 aliphatic carbocycles. The number of nitrogens with zero attached hydrogens (tertiary/aromatic N) is 2. The molecule has 2 aromatic heterocycles. The van der Waals surface area contributed by atoms with Crippen LogP contribution >= 0.6 is 0 Å². The van der Waals surface area contributed by atoms with Crippen molar-refractivity contribution in [2.75, 3.05) is 6.61 Å². The van der Waals surface area contributed by atoms with Crippen LogP contribution in [0, 0.1) is 25.5 Å². The zero-order valence-electron chi connectivity index (χ0n) is 17.8. The minimum absolute atomic E-state index is 0.0172. The molecule has 0 radical (unpaired) electrons. The molecule has 0 unspecified atom stereocenters. The molecule has 0 amide bonds. The van der Waals surface area contributed by atoms with Crippen LogP contribution in [0.3, 0.4) is 0 Å². The average molecular weight is 434 g/mol. The Hall–Kier alpha value is -3.87. The van der Waals surface area contributed by atoms with E-state index in [9.17, 15) is 14.0 Å². The number of ether oxygens (including phenoxy) is 1. The van der Waals surface area contributed by atoms with Crippen LogP contribution < -0.4 is 5.43 Å².